The molecule has 1 fully saturated rings. The van der Waals surface area contributed by atoms with E-state index in [0.29, 0.717) is 29.3 Å². The quantitative estimate of drug-likeness (QED) is 0.518. The van der Waals surface area contributed by atoms with Crippen molar-refractivity contribution in [2.75, 3.05) is 0 Å². The smallest absolute Gasteiger partial charge is 0.420 e. The zero-order valence-corrected chi connectivity index (χ0v) is 15.7. The summed E-state index contributed by atoms with van der Waals surface area (Å²) in [6.45, 7) is 0. The van der Waals surface area contributed by atoms with E-state index in [1.54, 1.807) is 18.2 Å². The second-order valence-corrected chi connectivity index (χ2v) is 7.05. The van der Waals surface area contributed by atoms with Crippen LogP contribution in [0.15, 0.2) is 62.2 Å². The van der Waals surface area contributed by atoms with Gasteiger partial charge in [-0.15, -0.1) is 10.2 Å². The second-order valence-electron chi connectivity index (χ2n) is 7.05. The van der Waals surface area contributed by atoms with Crippen LogP contribution in [0.5, 0.6) is 0 Å². The monoisotopic (exact) mass is 404 g/mol. The van der Waals surface area contributed by atoms with Crippen LogP contribution in [-0.4, -0.2) is 26.6 Å². The van der Waals surface area contributed by atoms with E-state index in [1.807, 2.05) is 30.3 Å². The summed E-state index contributed by atoms with van der Waals surface area (Å²) >= 11 is 0. The number of nitrogens with zero attached hydrogens (tertiary/aromatic N) is 3. The molecule has 1 N–H and O–H groups in total. The molecule has 3 heterocycles. The summed E-state index contributed by atoms with van der Waals surface area (Å²) in [5.41, 5.74) is 2.49. The SMILES string of the molecule is O=C1CCC(n2c(=O)oc3ccc(Cc4nnc(-c5ccccc5)o4)cc32)C(=O)N1. The van der Waals surface area contributed by atoms with Crippen LogP contribution >= 0.6 is 0 Å². The maximum atomic E-state index is 12.4. The lowest BCUT2D eigenvalue weighted by Gasteiger charge is -2.21. The number of hydrogen-bond donors (Lipinski definition) is 1. The van der Waals surface area contributed by atoms with E-state index in [1.165, 1.54) is 4.57 Å². The van der Waals surface area contributed by atoms with Gasteiger partial charge in [0, 0.05) is 12.0 Å². The van der Waals surface area contributed by atoms with Gasteiger partial charge in [0.2, 0.25) is 23.6 Å². The topological polar surface area (TPSA) is 120 Å². The lowest BCUT2D eigenvalue weighted by atomic mass is 10.1. The molecule has 1 aliphatic rings. The molecule has 0 spiro atoms. The molecule has 1 atom stereocenters. The number of carbonyl (C=O) groups is 2. The van der Waals surface area contributed by atoms with Crippen molar-refractivity contribution >= 4 is 22.9 Å². The third-order valence-electron chi connectivity index (χ3n) is 5.04. The van der Waals surface area contributed by atoms with E-state index in [9.17, 15) is 14.4 Å². The Hall–Kier alpha value is -4.01. The summed E-state index contributed by atoms with van der Waals surface area (Å²) in [5, 5.41) is 10.4. The largest absolute Gasteiger partial charge is 0.420 e. The number of amides is 2. The number of hydrogen-bond acceptors (Lipinski definition) is 7. The minimum absolute atomic E-state index is 0.166. The fraction of sp³-hybridized carbons (Fsp3) is 0.190. The highest BCUT2D eigenvalue weighted by atomic mass is 16.4. The molecule has 0 bridgehead atoms. The van der Waals surface area contributed by atoms with Gasteiger partial charge in [-0.05, 0) is 36.2 Å². The Balaban J connectivity index is 1.47. The lowest BCUT2D eigenvalue weighted by molar-refractivity contribution is -0.135. The number of aromatic nitrogens is 3. The number of nitrogens with one attached hydrogen (secondary N) is 1. The van der Waals surface area contributed by atoms with Gasteiger partial charge in [-0.3, -0.25) is 19.5 Å². The molecule has 0 aliphatic carbocycles. The third-order valence-corrected chi connectivity index (χ3v) is 5.04. The summed E-state index contributed by atoms with van der Waals surface area (Å²) in [6, 6.07) is 13.9. The summed E-state index contributed by atoms with van der Waals surface area (Å²) in [6.07, 6.45) is 0.761. The molecule has 30 heavy (non-hydrogen) atoms. The first-order chi connectivity index (χ1) is 14.6. The van der Waals surface area contributed by atoms with Gasteiger partial charge in [0.05, 0.1) is 11.9 Å². The molecule has 9 nitrogen and oxygen atoms in total. The van der Waals surface area contributed by atoms with Crippen molar-refractivity contribution in [2.24, 2.45) is 0 Å². The zero-order valence-electron chi connectivity index (χ0n) is 15.7. The van der Waals surface area contributed by atoms with E-state index in [2.05, 4.69) is 15.5 Å². The predicted octanol–water partition coefficient (Wildman–Crippen LogP) is 2.21. The molecule has 2 amide bonds. The van der Waals surface area contributed by atoms with Crippen molar-refractivity contribution < 1.29 is 18.4 Å². The van der Waals surface area contributed by atoms with Crippen molar-refractivity contribution in [3.63, 3.8) is 0 Å². The van der Waals surface area contributed by atoms with Gasteiger partial charge in [0.25, 0.3) is 0 Å². The van der Waals surface area contributed by atoms with Crippen LogP contribution in [0, 0.1) is 0 Å². The van der Waals surface area contributed by atoms with Crippen LogP contribution < -0.4 is 11.1 Å². The lowest BCUT2D eigenvalue weighted by Crippen LogP contribution is -2.43. The number of oxazole rings is 1. The minimum Gasteiger partial charge on any atom is -0.420 e. The van der Waals surface area contributed by atoms with Crippen LogP contribution in [-0.2, 0) is 16.0 Å². The molecular weight excluding hydrogens is 388 g/mol. The maximum absolute atomic E-state index is 12.4. The molecule has 9 heteroatoms. The molecular formula is C21H16N4O5. The minimum atomic E-state index is -0.792. The fourth-order valence-electron chi connectivity index (χ4n) is 3.61. The third kappa shape index (κ3) is 3.20. The Bertz CT molecular complexity index is 1320. The van der Waals surface area contributed by atoms with E-state index >= 15 is 0 Å². The first-order valence-corrected chi connectivity index (χ1v) is 9.44. The Labute approximate surface area is 169 Å². The Morgan fingerprint density at radius 3 is 2.67 bits per heavy atom. The van der Waals surface area contributed by atoms with Gasteiger partial charge in [-0.1, -0.05) is 24.3 Å². The summed E-state index contributed by atoms with van der Waals surface area (Å²) < 4.78 is 12.3. The molecule has 1 aliphatic heterocycles. The number of fused-ring (bicyclic) bond motifs is 1. The van der Waals surface area contributed by atoms with E-state index in [4.69, 9.17) is 8.83 Å². The van der Waals surface area contributed by atoms with E-state index < -0.39 is 17.7 Å². The molecule has 4 aromatic rings. The number of imide groups is 1. The van der Waals surface area contributed by atoms with E-state index in [-0.39, 0.29) is 18.7 Å². The average Bonchev–Trinajstić information content (AvgIpc) is 3.33. The number of piperidine rings is 1. The molecule has 1 unspecified atom stereocenters. The van der Waals surface area contributed by atoms with Gasteiger partial charge in [-0.25, -0.2) is 4.79 Å². The average molecular weight is 404 g/mol. The van der Waals surface area contributed by atoms with Gasteiger partial charge >= 0.3 is 5.76 Å². The predicted molar refractivity (Wildman–Crippen MR) is 104 cm³/mol. The van der Waals surface area contributed by atoms with Crippen molar-refractivity contribution in [3.8, 4) is 11.5 Å². The molecule has 2 aromatic heterocycles. The molecule has 150 valence electrons. The summed E-state index contributed by atoms with van der Waals surface area (Å²) in [5.74, 6) is -0.642. The normalized spacial score (nSPS) is 16.7. The number of carbonyl (C=O) groups excluding carboxylic acids is 2. The van der Waals surface area contributed by atoms with Crippen LogP contribution in [0.1, 0.15) is 30.3 Å². The van der Waals surface area contributed by atoms with Crippen molar-refractivity contribution in [2.45, 2.75) is 25.3 Å². The molecule has 0 radical (unpaired) electrons. The molecule has 0 saturated carbocycles. The zero-order chi connectivity index (χ0) is 20.7. The van der Waals surface area contributed by atoms with Gasteiger partial charge < -0.3 is 8.83 Å². The highest BCUT2D eigenvalue weighted by Crippen LogP contribution is 2.25. The summed E-state index contributed by atoms with van der Waals surface area (Å²) in [7, 11) is 0. The van der Waals surface area contributed by atoms with E-state index in [0.717, 1.165) is 11.1 Å². The van der Waals surface area contributed by atoms with Crippen molar-refractivity contribution in [1.29, 1.82) is 0 Å². The second kappa shape index (κ2) is 7.11. The highest BCUT2D eigenvalue weighted by molar-refractivity contribution is 6.00. The van der Waals surface area contributed by atoms with Crippen LogP contribution in [0.25, 0.3) is 22.6 Å². The fourth-order valence-corrected chi connectivity index (χ4v) is 3.61. The molecule has 1 saturated heterocycles. The van der Waals surface area contributed by atoms with Crippen LogP contribution in [0.2, 0.25) is 0 Å². The first-order valence-electron chi connectivity index (χ1n) is 9.44. The van der Waals surface area contributed by atoms with Crippen molar-refractivity contribution in [1.82, 2.24) is 20.1 Å². The van der Waals surface area contributed by atoms with Crippen molar-refractivity contribution in [3.05, 3.63) is 70.5 Å². The Morgan fingerprint density at radius 2 is 1.87 bits per heavy atom. The standard InChI is InChI=1S/C21H16N4O5/c26-17-9-7-14(19(27)22-17)25-15-10-12(6-8-16(15)29-21(25)28)11-18-23-24-20(30-18)13-4-2-1-3-5-13/h1-6,8,10,14H,7,9,11H2,(H,22,26,27). The molecule has 5 rings (SSSR count). The number of rotatable bonds is 4. The van der Waals surface area contributed by atoms with Gasteiger partial charge in [0.1, 0.15) is 6.04 Å². The summed E-state index contributed by atoms with van der Waals surface area (Å²) in [4.78, 5) is 36.1. The first kappa shape index (κ1) is 18.0. The maximum Gasteiger partial charge on any atom is 0.420 e. The molecule has 2 aromatic carbocycles. The van der Waals surface area contributed by atoms with Crippen LogP contribution in [0.4, 0.5) is 0 Å². The van der Waals surface area contributed by atoms with Crippen LogP contribution in [0.3, 0.4) is 0 Å². The van der Waals surface area contributed by atoms with Gasteiger partial charge in [-0.2, -0.15) is 0 Å². The van der Waals surface area contributed by atoms with Gasteiger partial charge in [0.15, 0.2) is 5.58 Å². The highest BCUT2D eigenvalue weighted by Gasteiger charge is 2.31. The Kier molecular flexibility index (Phi) is 4.27. The number of benzene rings is 2. The Morgan fingerprint density at radius 1 is 1.03 bits per heavy atom.